The fourth-order valence-corrected chi connectivity index (χ4v) is 4.08. The van der Waals surface area contributed by atoms with E-state index in [1.54, 1.807) is 11.7 Å². The number of anilines is 1. The number of rotatable bonds is 7. The summed E-state index contributed by atoms with van der Waals surface area (Å²) in [5, 5.41) is 22.4. The lowest BCUT2D eigenvalue weighted by atomic mass is 10.2. The van der Waals surface area contributed by atoms with Crippen molar-refractivity contribution in [2.75, 3.05) is 17.7 Å². The summed E-state index contributed by atoms with van der Waals surface area (Å²) in [5.41, 5.74) is 1.63. The molecule has 1 aromatic carbocycles. The van der Waals surface area contributed by atoms with Gasteiger partial charge < -0.3 is 15.4 Å². The summed E-state index contributed by atoms with van der Waals surface area (Å²) in [5.74, 6) is 1.83. The zero-order valence-corrected chi connectivity index (χ0v) is 17.7. The van der Waals surface area contributed by atoms with Gasteiger partial charge in [0.2, 0.25) is 17.0 Å². The third-order valence-corrected chi connectivity index (χ3v) is 5.75. The summed E-state index contributed by atoms with van der Waals surface area (Å²) in [6, 6.07) is 5.68. The van der Waals surface area contributed by atoms with Gasteiger partial charge in [0.05, 0.1) is 17.8 Å². The van der Waals surface area contributed by atoms with E-state index >= 15 is 0 Å². The van der Waals surface area contributed by atoms with Crippen LogP contribution in [0.3, 0.4) is 0 Å². The molecule has 1 aliphatic rings. The topological polar surface area (TPSA) is 132 Å². The highest BCUT2D eigenvalue weighted by molar-refractivity contribution is 7.99. The van der Waals surface area contributed by atoms with Crippen molar-refractivity contribution in [1.29, 1.82) is 0 Å². The largest absolute Gasteiger partial charge is 0.494 e. The number of hydrogen-bond acceptors (Lipinski definition) is 10. The molecule has 3 N–H and O–H groups in total. The standard InChI is InChI=1S/C18H23N9O2S/c1-4-29-12-5-6-14-13(8-12)10(2)19-16(21-14)23-17-20-11(7-15(28)22-17)9-30-18-24-25-26-27(18)3/h5-6,8,11,17,20H,4,7,9H2,1-3H3,(H,22,28)(H,19,21,23). The van der Waals surface area contributed by atoms with E-state index in [0.717, 1.165) is 22.3 Å². The van der Waals surface area contributed by atoms with Gasteiger partial charge in [0, 0.05) is 30.6 Å². The molecule has 0 spiro atoms. The lowest BCUT2D eigenvalue weighted by Gasteiger charge is -2.31. The van der Waals surface area contributed by atoms with Gasteiger partial charge in [-0.2, -0.15) is 0 Å². The number of thioether (sulfide) groups is 1. The second-order valence-electron chi connectivity index (χ2n) is 6.85. The highest BCUT2D eigenvalue weighted by atomic mass is 32.2. The highest BCUT2D eigenvalue weighted by Crippen LogP contribution is 2.23. The maximum Gasteiger partial charge on any atom is 0.226 e. The molecule has 1 amide bonds. The van der Waals surface area contributed by atoms with Gasteiger partial charge in [-0.05, 0) is 42.5 Å². The van der Waals surface area contributed by atoms with E-state index in [9.17, 15) is 4.79 Å². The molecule has 1 saturated heterocycles. The zero-order chi connectivity index (χ0) is 21.1. The van der Waals surface area contributed by atoms with E-state index in [4.69, 9.17) is 4.74 Å². The monoisotopic (exact) mass is 429 g/mol. The molecule has 1 fully saturated rings. The van der Waals surface area contributed by atoms with E-state index in [1.807, 2.05) is 32.0 Å². The molecule has 0 bridgehead atoms. The Morgan fingerprint density at radius 2 is 2.23 bits per heavy atom. The van der Waals surface area contributed by atoms with Crippen LogP contribution in [0.15, 0.2) is 23.4 Å². The Kier molecular flexibility index (Phi) is 5.95. The summed E-state index contributed by atoms with van der Waals surface area (Å²) in [4.78, 5) is 21.3. The van der Waals surface area contributed by atoms with Gasteiger partial charge in [0.15, 0.2) is 6.29 Å². The van der Waals surface area contributed by atoms with Crippen molar-refractivity contribution in [3.63, 3.8) is 0 Å². The summed E-state index contributed by atoms with van der Waals surface area (Å²) >= 11 is 1.49. The third-order valence-electron chi connectivity index (χ3n) is 4.58. The number of nitrogens with zero attached hydrogens (tertiary/aromatic N) is 6. The van der Waals surface area contributed by atoms with Gasteiger partial charge in [-0.25, -0.2) is 14.6 Å². The number of nitrogens with one attached hydrogen (secondary N) is 3. The fourth-order valence-electron chi connectivity index (χ4n) is 3.19. The Hall–Kier alpha value is -2.99. The van der Waals surface area contributed by atoms with Gasteiger partial charge >= 0.3 is 0 Å². The predicted octanol–water partition coefficient (Wildman–Crippen LogP) is 0.826. The first-order valence-electron chi connectivity index (χ1n) is 9.60. The Morgan fingerprint density at radius 3 is 3.00 bits per heavy atom. The number of ether oxygens (including phenoxy) is 1. The molecule has 4 rings (SSSR count). The van der Waals surface area contributed by atoms with Crippen LogP contribution < -0.4 is 20.7 Å². The number of fused-ring (bicyclic) bond motifs is 1. The van der Waals surface area contributed by atoms with Crippen molar-refractivity contribution in [2.24, 2.45) is 7.05 Å². The molecule has 0 saturated carbocycles. The minimum absolute atomic E-state index is 0.0479. The Balaban J connectivity index is 1.44. The molecule has 11 nitrogen and oxygen atoms in total. The lowest BCUT2D eigenvalue weighted by molar-refractivity contribution is -0.123. The number of hydrogen-bond donors (Lipinski definition) is 3. The Bertz CT molecular complexity index is 1060. The van der Waals surface area contributed by atoms with Crippen LogP contribution in [0.4, 0.5) is 5.95 Å². The SMILES string of the molecule is CCOc1ccc2nc(NC3NC(=O)CC(CSc4nnnn4C)N3)nc(C)c2c1. The van der Waals surface area contributed by atoms with Crippen molar-refractivity contribution in [1.82, 2.24) is 40.8 Å². The van der Waals surface area contributed by atoms with Crippen LogP contribution >= 0.6 is 11.8 Å². The molecule has 30 heavy (non-hydrogen) atoms. The van der Waals surface area contributed by atoms with Crippen molar-refractivity contribution >= 4 is 34.5 Å². The van der Waals surface area contributed by atoms with Crippen molar-refractivity contribution in [3.8, 4) is 5.75 Å². The normalized spacial score (nSPS) is 19.0. The van der Waals surface area contributed by atoms with Crippen LogP contribution in [0.5, 0.6) is 5.75 Å². The number of amides is 1. The molecule has 3 heterocycles. The van der Waals surface area contributed by atoms with Crippen LogP contribution in [0.1, 0.15) is 19.0 Å². The molecule has 2 atom stereocenters. The van der Waals surface area contributed by atoms with Gasteiger partial charge in [-0.1, -0.05) is 11.8 Å². The number of carbonyl (C=O) groups excluding carboxylic acids is 1. The van der Waals surface area contributed by atoms with E-state index < -0.39 is 6.29 Å². The summed E-state index contributed by atoms with van der Waals surface area (Å²) < 4.78 is 7.16. The summed E-state index contributed by atoms with van der Waals surface area (Å²) in [6.07, 6.45) is -0.108. The van der Waals surface area contributed by atoms with Gasteiger partial charge in [0.25, 0.3) is 0 Å². The molecule has 0 aliphatic carbocycles. The number of aryl methyl sites for hydroxylation is 2. The molecule has 12 heteroatoms. The van der Waals surface area contributed by atoms with Crippen molar-refractivity contribution in [2.45, 2.75) is 37.8 Å². The molecule has 0 radical (unpaired) electrons. The van der Waals surface area contributed by atoms with Crippen LogP contribution in [0.25, 0.3) is 10.9 Å². The molecule has 158 valence electrons. The van der Waals surface area contributed by atoms with E-state index in [2.05, 4.69) is 41.4 Å². The molecular weight excluding hydrogens is 406 g/mol. The van der Waals surface area contributed by atoms with E-state index in [0.29, 0.717) is 29.9 Å². The predicted molar refractivity (Wildman–Crippen MR) is 112 cm³/mol. The average Bonchev–Trinajstić information content (AvgIpc) is 3.11. The minimum atomic E-state index is -0.478. The first kappa shape index (κ1) is 20.3. The number of aromatic nitrogens is 6. The van der Waals surface area contributed by atoms with Crippen LogP contribution in [-0.4, -0.2) is 60.8 Å². The van der Waals surface area contributed by atoms with Gasteiger partial charge in [-0.3, -0.25) is 10.1 Å². The van der Waals surface area contributed by atoms with E-state index in [1.165, 1.54) is 11.8 Å². The first-order chi connectivity index (χ1) is 14.5. The smallest absolute Gasteiger partial charge is 0.226 e. The summed E-state index contributed by atoms with van der Waals surface area (Å²) in [7, 11) is 1.78. The van der Waals surface area contributed by atoms with Crippen LogP contribution in [0.2, 0.25) is 0 Å². The zero-order valence-electron chi connectivity index (χ0n) is 16.9. The molecule has 2 aromatic heterocycles. The van der Waals surface area contributed by atoms with Gasteiger partial charge in [0.1, 0.15) is 5.75 Å². The maximum atomic E-state index is 12.2. The molecule has 1 aliphatic heterocycles. The number of tetrazole rings is 1. The molecular formula is C18H23N9O2S. The maximum absolute atomic E-state index is 12.2. The number of carbonyl (C=O) groups is 1. The molecule has 3 aromatic rings. The second kappa shape index (κ2) is 8.79. The second-order valence-corrected chi connectivity index (χ2v) is 7.84. The Morgan fingerprint density at radius 1 is 1.37 bits per heavy atom. The van der Waals surface area contributed by atoms with Crippen molar-refractivity contribution in [3.05, 3.63) is 23.9 Å². The number of benzene rings is 1. The first-order valence-corrected chi connectivity index (χ1v) is 10.6. The van der Waals surface area contributed by atoms with E-state index in [-0.39, 0.29) is 11.9 Å². The van der Waals surface area contributed by atoms with Crippen LogP contribution in [0, 0.1) is 6.92 Å². The highest BCUT2D eigenvalue weighted by Gasteiger charge is 2.27. The molecule has 2 unspecified atom stereocenters. The average molecular weight is 430 g/mol. The quantitative estimate of drug-likeness (QED) is 0.464. The Labute approximate surface area is 177 Å². The minimum Gasteiger partial charge on any atom is -0.494 e. The van der Waals surface area contributed by atoms with Crippen molar-refractivity contribution < 1.29 is 9.53 Å². The fraction of sp³-hybridized carbons (Fsp3) is 0.444. The summed E-state index contributed by atoms with van der Waals surface area (Å²) in [6.45, 7) is 4.47. The third kappa shape index (κ3) is 4.60. The lowest BCUT2D eigenvalue weighted by Crippen LogP contribution is -2.60. The van der Waals surface area contributed by atoms with Crippen LogP contribution in [-0.2, 0) is 11.8 Å². The van der Waals surface area contributed by atoms with Gasteiger partial charge in [-0.15, -0.1) is 5.10 Å².